The first-order valence-corrected chi connectivity index (χ1v) is 9.33. The number of aryl methyl sites for hydroxylation is 1. The van der Waals surface area contributed by atoms with Crippen molar-refractivity contribution in [3.05, 3.63) is 71.4 Å². The fraction of sp³-hybridized carbons (Fsp3) is 0.211. The Labute approximate surface area is 164 Å². The van der Waals surface area contributed by atoms with Gasteiger partial charge >= 0.3 is 6.61 Å². The maximum Gasteiger partial charge on any atom is 0.387 e. The lowest BCUT2D eigenvalue weighted by Gasteiger charge is -2.10. The summed E-state index contributed by atoms with van der Waals surface area (Å²) >= 11 is 1.41. The van der Waals surface area contributed by atoms with Crippen LogP contribution in [0.25, 0.3) is 0 Å². The molecule has 2 aromatic carbocycles. The van der Waals surface area contributed by atoms with Crippen molar-refractivity contribution in [1.82, 2.24) is 15.5 Å². The maximum absolute atomic E-state index is 12.6. The van der Waals surface area contributed by atoms with Crippen molar-refractivity contribution in [2.75, 3.05) is 0 Å². The van der Waals surface area contributed by atoms with Gasteiger partial charge in [-0.15, -0.1) is 11.8 Å². The van der Waals surface area contributed by atoms with E-state index >= 15 is 0 Å². The lowest BCUT2D eigenvalue weighted by atomic mass is 10.2. The highest BCUT2D eigenvalue weighted by molar-refractivity contribution is 7.98. The zero-order valence-electron chi connectivity index (χ0n) is 14.9. The molecule has 1 aromatic heterocycles. The number of nitrogens with zero attached hydrogens (tertiary/aromatic N) is 2. The van der Waals surface area contributed by atoms with Gasteiger partial charge in [-0.2, -0.15) is 13.8 Å². The summed E-state index contributed by atoms with van der Waals surface area (Å²) in [6, 6.07) is 13.4. The summed E-state index contributed by atoms with van der Waals surface area (Å²) < 4.78 is 34.1. The first-order valence-electron chi connectivity index (χ1n) is 8.34. The fourth-order valence-electron chi connectivity index (χ4n) is 2.43. The highest BCUT2D eigenvalue weighted by Crippen LogP contribution is 2.26. The molecule has 0 aliphatic rings. The first-order chi connectivity index (χ1) is 13.5. The minimum atomic E-state index is -2.89. The second-order valence-corrected chi connectivity index (χ2v) is 6.75. The number of carbonyl (C=O) groups is 1. The fourth-order valence-corrected chi connectivity index (χ4v) is 3.31. The number of thioether (sulfide) groups is 1. The lowest BCUT2D eigenvalue weighted by Crippen LogP contribution is -2.23. The van der Waals surface area contributed by atoms with Crippen LogP contribution in [0.1, 0.15) is 27.6 Å². The van der Waals surface area contributed by atoms with Crippen LogP contribution in [0.2, 0.25) is 0 Å². The highest BCUT2D eigenvalue weighted by Gasteiger charge is 2.13. The van der Waals surface area contributed by atoms with Crippen LogP contribution < -0.4 is 10.1 Å². The van der Waals surface area contributed by atoms with Gasteiger partial charge in [-0.3, -0.25) is 4.79 Å². The molecule has 0 radical (unpaired) electrons. The summed E-state index contributed by atoms with van der Waals surface area (Å²) in [5.41, 5.74) is 1.15. The summed E-state index contributed by atoms with van der Waals surface area (Å²) in [5.74, 6) is 1.25. The standard InChI is InChI=1S/C19H17F2N3O3S/c1-12-23-17(27-24-12)11-28-16-8-3-2-7-15(16)18(25)22-10-13-5-4-6-14(9-13)26-19(20)21/h2-9,19H,10-11H2,1H3,(H,22,25). The van der Waals surface area contributed by atoms with E-state index in [1.165, 1.54) is 23.9 Å². The number of amides is 1. The van der Waals surface area contributed by atoms with Gasteiger partial charge in [0.05, 0.1) is 11.3 Å². The van der Waals surface area contributed by atoms with Crippen LogP contribution in [-0.4, -0.2) is 22.7 Å². The average Bonchev–Trinajstić information content (AvgIpc) is 3.10. The summed E-state index contributed by atoms with van der Waals surface area (Å²) in [6.45, 7) is -0.974. The van der Waals surface area contributed by atoms with Crippen molar-refractivity contribution >= 4 is 17.7 Å². The second kappa shape index (κ2) is 9.32. The van der Waals surface area contributed by atoms with Crippen LogP contribution in [0.3, 0.4) is 0 Å². The van der Waals surface area contributed by atoms with E-state index in [1.807, 2.05) is 12.1 Å². The lowest BCUT2D eigenvalue weighted by molar-refractivity contribution is -0.0498. The van der Waals surface area contributed by atoms with E-state index in [0.717, 1.165) is 4.90 Å². The summed E-state index contributed by atoms with van der Waals surface area (Å²) in [5, 5.41) is 6.53. The van der Waals surface area contributed by atoms with Gasteiger partial charge in [-0.1, -0.05) is 29.4 Å². The van der Waals surface area contributed by atoms with Gasteiger partial charge in [-0.25, -0.2) is 0 Å². The summed E-state index contributed by atoms with van der Waals surface area (Å²) in [6.07, 6.45) is 0. The number of nitrogens with one attached hydrogen (secondary N) is 1. The van der Waals surface area contributed by atoms with E-state index in [4.69, 9.17) is 4.52 Å². The van der Waals surface area contributed by atoms with Gasteiger partial charge < -0.3 is 14.6 Å². The molecule has 1 amide bonds. The molecule has 3 aromatic rings. The van der Waals surface area contributed by atoms with Crippen molar-refractivity contribution in [3.8, 4) is 5.75 Å². The van der Waals surface area contributed by atoms with Crippen LogP contribution >= 0.6 is 11.8 Å². The van der Waals surface area contributed by atoms with Crippen molar-refractivity contribution in [2.24, 2.45) is 0 Å². The Morgan fingerprint density at radius 2 is 2.07 bits per heavy atom. The van der Waals surface area contributed by atoms with E-state index in [9.17, 15) is 13.6 Å². The SMILES string of the molecule is Cc1noc(CSc2ccccc2C(=O)NCc2cccc(OC(F)F)c2)n1. The van der Waals surface area contributed by atoms with Crippen LogP contribution in [-0.2, 0) is 12.3 Å². The molecule has 1 heterocycles. The Morgan fingerprint density at radius 3 is 2.82 bits per heavy atom. The maximum atomic E-state index is 12.6. The largest absolute Gasteiger partial charge is 0.435 e. The number of halogens is 2. The van der Waals surface area contributed by atoms with Gasteiger partial charge in [0.25, 0.3) is 5.91 Å². The molecular formula is C19H17F2N3O3S. The van der Waals surface area contributed by atoms with Gasteiger partial charge in [0.2, 0.25) is 5.89 Å². The van der Waals surface area contributed by atoms with Crippen LogP contribution in [0, 0.1) is 6.92 Å². The van der Waals surface area contributed by atoms with Crippen LogP contribution in [0.5, 0.6) is 5.75 Å². The molecule has 3 rings (SSSR count). The van der Waals surface area contributed by atoms with Crippen molar-refractivity contribution in [3.63, 3.8) is 0 Å². The van der Waals surface area contributed by atoms with E-state index < -0.39 is 6.61 Å². The van der Waals surface area contributed by atoms with Crippen LogP contribution in [0.4, 0.5) is 8.78 Å². The normalized spacial score (nSPS) is 10.9. The third kappa shape index (κ3) is 5.53. The number of ether oxygens (including phenoxy) is 1. The predicted octanol–water partition coefficient (Wildman–Crippen LogP) is 4.20. The molecule has 0 saturated heterocycles. The molecule has 6 nitrogen and oxygen atoms in total. The molecule has 0 spiro atoms. The Morgan fingerprint density at radius 1 is 1.25 bits per heavy atom. The zero-order valence-corrected chi connectivity index (χ0v) is 15.7. The van der Waals surface area contributed by atoms with E-state index in [2.05, 4.69) is 20.2 Å². The van der Waals surface area contributed by atoms with Gasteiger partial charge in [-0.05, 0) is 36.8 Å². The zero-order chi connectivity index (χ0) is 19.9. The van der Waals surface area contributed by atoms with Gasteiger partial charge in [0, 0.05) is 11.4 Å². The number of rotatable bonds is 8. The number of benzene rings is 2. The smallest absolute Gasteiger partial charge is 0.387 e. The Balaban J connectivity index is 1.63. The Bertz CT molecular complexity index is 949. The molecule has 9 heteroatoms. The second-order valence-electron chi connectivity index (χ2n) is 5.73. The molecule has 146 valence electrons. The molecule has 0 atom stereocenters. The van der Waals surface area contributed by atoms with Crippen molar-refractivity contribution in [1.29, 1.82) is 0 Å². The number of alkyl halides is 2. The summed E-state index contributed by atoms with van der Waals surface area (Å²) in [4.78, 5) is 17.5. The quantitative estimate of drug-likeness (QED) is 0.566. The highest BCUT2D eigenvalue weighted by atomic mass is 32.2. The number of hydrogen-bond acceptors (Lipinski definition) is 6. The molecule has 0 aliphatic heterocycles. The topological polar surface area (TPSA) is 77.2 Å². The average molecular weight is 405 g/mol. The predicted molar refractivity (Wildman–Crippen MR) is 99.3 cm³/mol. The first kappa shape index (κ1) is 19.8. The minimum absolute atomic E-state index is 0.0487. The van der Waals surface area contributed by atoms with Gasteiger partial charge in [0.15, 0.2) is 5.82 Å². The third-order valence-corrected chi connectivity index (χ3v) is 4.69. The molecule has 0 bridgehead atoms. The van der Waals surface area contributed by atoms with E-state index in [1.54, 1.807) is 31.2 Å². The molecule has 0 saturated carbocycles. The molecular weight excluding hydrogens is 388 g/mol. The van der Waals surface area contributed by atoms with Gasteiger partial charge in [0.1, 0.15) is 5.75 Å². The minimum Gasteiger partial charge on any atom is -0.435 e. The number of hydrogen-bond donors (Lipinski definition) is 1. The van der Waals surface area contributed by atoms with Crippen LogP contribution in [0.15, 0.2) is 57.9 Å². The monoisotopic (exact) mass is 405 g/mol. The van der Waals surface area contributed by atoms with E-state index in [0.29, 0.717) is 28.6 Å². The molecule has 1 N–H and O–H groups in total. The molecule has 0 unspecified atom stereocenters. The van der Waals surface area contributed by atoms with Crippen molar-refractivity contribution < 1.29 is 22.8 Å². The summed E-state index contributed by atoms with van der Waals surface area (Å²) in [7, 11) is 0. The number of aromatic nitrogens is 2. The third-order valence-electron chi connectivity index (χ3n) is 3.63. The molecule has 0 fully saturated rings. The van der Waals surface area contributed by atoms with Crippen molar-refractivity contribution in [2.45, 2.75) is 30.7 Å². The Hall–Kier alpha value is -2.94. The van der Waals surface area contributed by atoms with E-state index in [-0.39, 0.29) is 18.2 Å². The Kier molecular flexibility index (Phi) is 6.59. The number of carbonyl (C=O) groups excluding carboxylic acids is 1. The molecule has 0 aliphatic carbocycles. The molecule has 28 heavy (non-hydrogen) atoms.